The number of imidazole rings is 1. The number of carbonyl (C=O) groups excluding carboxylic acids is 1. The molecule has 146 valence electrons. The van der Waals surface area contributed by atoms with E-state index < -0.39 is 10.0 Å². The van der Waals surface area contributed by atoms with Gasteiger partial charge in [0.15, 0.2) is 5.03 Å². The third-order valence-electron chi connectivity index (χ3n) is 4.90. The van der Waals surface area contributed by atoms with Gasteiger partial charge in [0, 0.05) is 38.8 Å². The molecule has 0 aliphatic carbocycles. The van der Waals surface area contributed by atoms with Crippen molar-refractivity contribution in [2.75, 3.05) is 13.1 Å². The standard InChI is InChI=1S/C18H23FN4O3S/c1-13-21-17(12-22(13)2)27(25,26)23-9-7-15(8-10-23)18(24)20-11-14-3-5-16(19)6-4-14/h3-6,12,15H,7-11H2,1-2H3,(H,20,24). The van der Waals surface area contributed by atoms with E-state index in [0.29, 0.717) is 25.2 Å². The van der Waals surface area contributed by atoms with Gasteiger partial charge in [-0.15, -0.1) is 0 Å². The van der Waals surface area contributed by atoms with E-state index in [1.807, 2.05) is 0 Å². The van der Waals surface area contributed by atoms with E-state index >= 15 is 0 Å². The summed E-state index contributed by atoms with van der Waals surface area (Å²) in [5.74, 6) is -0.0298. The molecular formula is C18H23FN4O3S. The average Bonchev–Trinajstić information content (AvgIpc) is 3.00. The first-order valence-corrected chi connectivity index (χ1v) is 10.2. The molecule has 27 heavy (non-hydrogen) atoms. The molecule has 1 aromatic heterocycles. The largest absolute Gasteiger partial charge is 0.352 e. The topological polar surface area (TPSA) is 84.3 Å². The molecule has 3 rings (SSSR count). The SMILES string of the molecule is Cc1nc(S(=O)(=O)N2CCC(C(=O)NCc3ccc(F)cc3)CC2)cn1C. The molecule has 0 unspecified atom stereocenters. The minimum Gasteiger partial charge on any atom is -0.352 e. The number of nitrogens with zero attached hydrogens (tertiary/aromatic N) is 3. The van der Waals surface area contributed by atoms with Crippen LogP contribution in [-0.2, 0) is 28.4 Å². The minimum atomic E-state index is -3.64. The summed E-state index contributed by atoms with van der Waals surface area (Å²) >= 11 is 0. The second-order valence-electron chi connectivity index (χ2n) is 6.76. The van der Waals surface area contributed by atoms with Crippen molar-refractivity contribution < 1.29 is 17.6 Å². The molecule has 1 aliphatic rings. The third kappa shape index (κ3) is 4.36. The Morgan fingerprint density at radius 2 is 1.89 bits per heavy atom. The van der Waals surface area contributed by atoms with Crippen molar-refractivity contribution in [3.8, 4) is 0 Å². The van der Waals surface area contributed by atoms with Crippen LogP contribution in [0.15, 0.2) is 35.5 Å². The number of halogens is 1. The summed E-state index contributed by atoms with van der Waals surface area (Å²) < 4.78 is 41.3. The number of aromatic nitrogens is 2. The van der Waals surface area contributed by atoms with Crippen molar-refractivity contribution in [2.24, 2.45) is 13.0 Å². The highest BCUT2D eigenvalue weighted by atomic mass is 32.2. The van der Waals surface area contributed by atoms with E-state index in [2.05, 4.69) is 10.3 Å². The zero-order valence-corrected chi connectivity index (χ0v) is 16.2. The number of hydrogen-bond donors (Lipinski definition) is 1. The van der Waals surface area contributed by atoms with E-state index in [9.17, 15) is 17.6 Å². The fourth-order valence-electron chi connectivity index (χ4n) is 3.08. The first-order valence-electron chi connectivity index (χ1n) is 8.79. The minimum absolute atomic E-state index is 0.0433. The lowest BCUT2D eigenvalue weighted by Gasteiger charge is -2.29. The summed E-state index contributed by atoms with van der Waals surface area (Å²) in [5, 5.41) is 2.88. The summed E-state index contributed by atoms with van der Waals surface area (Å²) in [5.41, 5.74) is 0.815. The molecule has 1 N–H and O–H groups in total. The van der Waals surface area contributed by atoms with Gasteiger partial charge >= 0.3 is 0 Å². The molecule has 0 atom stereocenters. The Balaban J connectivity index is 1.54. The quantitative estimate of drug-likeness (QED) is 0.835. The van der Waals surface area contributed by atoms with Gasteiger partial charge in [0.05, 0.1) is 0 Å². The Hall–Kier alpha value is -2.26. The van der Waals surface area contributed by atoms with Crippen LogP contribution in [0.4, 0.5) is 4.39 Å². The van der Waals surface area contributed by atoms with Gasteiger partial charge in [-0.3, -0.25) is 4.79 Å². The Labute approximate surface area is 158 Å². The Bertz CT molecular complexity index is 897. The molecule has 0 saturated carbocycles. The first-order chi connectivity index (χ1) is 12.8. The Morgan fingerprint density at radius 1 is 1.26 bits per heavy atom. The van der Waals surface area contributed by atoms with Crippen molar-refractivity contribution in [1.82, 2.24) is 19.2 Å². The van der Waals surface area contributed by atoms with Crippen LogP contribution in [0.5, 0.6) is 0 Å². The predicted molar refractivity (Wildman–Crippen MR) is 97.7 cm³/mol. The lowest BCUT2D eigenvalue weighted by Crippen LogP contribution is -2.43. The van der Waals surface area contributed by atoms with E-state index in [-0.39, 0.29) is 35.8 Å². The highest BCUT2D eigenvalue weighted by Crippen LogP contribution is 2.23. The lowest BCUT2D eigenvalue weighted by atomic mass is 9.97. The number of aryl methyl sites for hydroxylation is 2. The van der Waals surface area contributed by atoms with E-state index in [1.165, 1.54) is 22.6 Å². The monoisotopic (exact) mass is 394 g/mol. The van der Waals surface area contributed by atoms with Gasteiger partial charge in [-0.1, -0.05) is 12.1 Å². The average molecular weight is 394 g/mol. The second kappa shape index (κ2) is 7.77. The molecule has 1 aromatic carbocycles. The predicted octanol–water partition coefficient (Wildman–Crippen LogP) is 1.58. The van der Waals surface area contributed by atoms with Crippen molar-refractivity contribution in [2.45, 2.75) is 31.3 Å². The van der Waals surface area contributed by atoms with Crippen LogP contribution in [0.3, 0.4) is 0 Å². The maximum absolute atomic E-state index is 12.9. The van der Waals surface area contributed by atoms with Crippen molar-refractivity contribution in [3.63, 3.8) is 0 Å². The number of benzene rings is 1. The summed E-state index contributed by atoms with van der Waals surface area (Å²) in [7, 11) is -1.89. The zero-order valence-electron chi connectivity index (χ0n) is 15.4. The summed E-state index contributed by atoms with van der Waals surface area (Å²) in [6.45, 7) is 2.64. The van der Waals surface area contributed by atoms with Gasteiger partial charge in [0.25, 0.3) is 10.0 Å². The Kier molecular flexibility index (Phi) is 5.61. The number of carbonyl (C=O) groups is 1. The molecule has 1 fully saturated rings. The van der Waals surface area contributed by atoms with Gasteiger partial charge in [-0.2, -0.15) is 4.31 Å². The Morgan fingerprint density at radius 3 is 2.44 bits per heavy atom. The first kappa shape index (κ1) is 19.5. The van der Waals surface area contributed by atoms with Crippen LogP contribution in [0, 0.1) is 18.7 Å². The molecule has 9 heteroatoms. The lowest BCUT2D eigenvalue weighted by molar-refractivity contribution is -0.126. The molecule has 7 nitrogen and oxygen atoms in total. The summed E-state index contributed by atoms with van der Waals surface area (Å²) in [4.78, 5) is 16.5. The smallest absolute Gasteiger partial charge is 0.262 e. The third-order valence-corrected chi connectivity index (χ3v) is 6.67. The normalized spacial score (nSPS) is 16.4. The van der Waals surface area contributed by atoms with Crippen molar-refractivity contribution in [3.05, 3.63) is 47.7 Å². The van der Waals surface area contributed by atoms with Crippen LogP contribution in [0.2, 0.25) is 0 Å². The highest BCUT2D eigenvalue weighted by molar-refractivity contribution is 7.89. The van der Waals surface area contributed by atoms with Gasteiger partial charge in [0.2, 0.25) is 5.91 Å². The molecule has 2 aromatic rings. The number of nitrogens with one attached hydrogen (secondary N) is 1. The number of sulfonamides is 1. The van der Waals surface area contributed by atoms with Crippen LogP contribution >= 0.6 is 0 Å². The van der Waals surface area contributed by atoms with E-state index in [4.69, 9.17) is 0 Å². The van der Waals surface area contributed by atoms with Gasteiger partial charge in [-0.05, 0) is 37.5 Å². The van der Waals surface area contributed by atoms with Crippen LogP contribution in [0.1, 0.15) is 24.2 Å². The van der Waals surface area contributed by atoms with Crippen LogP contribution < -0.4 is 5.32 Å². The van der Waals surface area contributed by atoms with Crippen LogP contribution in [-0.4, -0.2) is 41.3 Å². The second-order valence-corrected chi connectivity index (χ2v) is 8.64. The number of amides is 1. The molecular weight excluding hydrogens is 371 g/mol. The van der Waals surface area contributed by atoms with Crippen molar-refractivity contribution >= 4 is 15.9 Å². The maximum atomic E-state index is 12.9. The molecule has 1 aliphatic heterocycles. The number of piperidine rings is 1. The molecule has 1 amide bonds. The molecule has 0 spiro atoms. The summed E-state index contributed by atoms with van der Waals surface area (Å²) in [6.07, 6.45) is 2.42. The number of hydrogen-bond acceptors (Lipinski definition) is 4. The fraction of sp³-hybridized carbons (Fsp3) is 0.444. The van der Waals surface area contributed by atoms with Crippen LogP contribution in [0.25, 0.3) is 0 Å². The molecule has 2 heterocycles. The van der Waals surface area contributed by atoms with E-state index in [1.54, 1.807) is 30.7 Å². The molecule has 0 radical (unpaired) electrons. The van der Waals surface area contributed by atoms with Gasteiger partial charge < -0.3 is 9.88 Å². The fourth-order valence-corrected chi connectivity index (χ4v) is 4.57. The summed E-state index contributed by atoms with van der Waals surface area (Å²) in [6, 6.07) is 5.95. The highest BCUT2D eigenvalue weighted by Gasteiger charge is 2.33. The van der Waals surface area contributed by atoms with Gasteiger partial charge in [-0.25, -0.2) is 17.8 Å². The van der Waals surface area contributed by atoms with Gasteiger partial charge in [0.1, 0.15) is 11.6 Å². The van der Waals surface area contributed by atoms with Crippen molar-refractivity contribution in [1.29, 1.82) is 0 Å². The maximum Gasteiger partial charge on any atom is 0.262 e. The zero-order chi connectivity index (χ0) is 19.6. The molecule has 0 bridgehead atoms. The van der Waals surface area contributed by atoms with E-state index in [0.717, 1.165) is 5.56 Å². The molecule has 1 saturated heterocycles. The number of rotatable bonds is 5.